The van der Waals surface area contributed by atoms with Crippen molar-refractivity contribution in [2.45, 2.75) is 36.7 Å². The second-order valence-electron chi connectivity index (χ2n) is 8.31. The van der Waals surface area contributed by atoms with E-state index in [2.05, 4.69) is 10.7 Å². The first-order chi connectivity index (χ1) is 17.9. The Hall–Kier alpha value is -3.68. The first kappa shape index (κ1) is 30.5. The molecule has 0 fully saturated rings. The summed E-state index contributed by atoms with van der Waals surface area (Å²) in [5.74, 6) is -2.55. The maximum absolute atomic E-state index is 13.1. The smallest absolute Gasteiger partial charge is 0.328 e. The third-order valence-electron chi connectivity index (χ3n) is 5.20. The van der Waals surface area contributed by atoms with Crippen LogP contribution in [-0.4, -0.2) is 67.6 Å². The molecule has 2 aromatic carbocycles. The van der Waals surface area contributed by atoms with E-state index < -0.39 is 46.6 Å². The molecule has 12 nitrogen and oxygen atoms in total. The topological polar surface area (TPSA) is 192 Å². The molecule has 6 N–H and O–H groups in total. The first-order valence-corrected chi connectivity index (χ1v) is 13.7. The van der Waals surface area contributed by atoms with E-state index in [0.29, 0.717) is 16.3 Å². The van der Waals surface area contributed by atoms with Crippen molar-refractivity contribution >= 4 is 45.1 Å². The van der Waals surface area contributed by atoms with Crippen molar-refractivity contribution in [3.05, 3.63) is 59.1 Å². The number of ether oxygens (including phenoxy) is 1. The molecule has 1 amide bonds. The highest BCUT2D eigenvalue weighted by Crippen LogP contribution is 2.16. The summed E-state index contributed by atoms with van der Waals surface area (Å²) in [6, 6.07) is 10.8. The van der Waals surface area contributed by atoms with Crippen LogP contribution < -0.4 is 21.2 Å². The minimum absolute atomic E-state index is 0.00314. The second-order valence-corrected chi connectivity index (χ2v) is 10.8. The molecule has 38 heavy (non-hydrogen) atoms. The van der Waals surface area contributed by atoms with Crippen molar-refractivity contribution in [1.29, 1.82) is 5.41 Å². The summed E-state index contributed by atoms with van der Waals surface area (Å²) in [7, 11) is -3.40. The number of ketones is 1. The minimum atomic E-state index is -3.40. The van der Waals surface area contributed by atoms with Gasteiger partial charge < -0.3 is 20.9 Å². The number of hydrazine groups is 1. The molecule has 0 spiro atoms. The van der Waals surface area contributed by atoms with Crippen LogP contribution in [0.5, 0.6) is 5.75 Å². The average molecular weight is 568 g/mol. The Morgan fingerprint density at radius 2 is 1.76 bits per heavy atom. The number of benzene rings is 2. The molecule has 0 aromatic heterocycles. The van der Waals surface area contributed by atoms with Gasteiger partial charge in [0.2, 0.25) is 5.91 Å². The van der Waals surface area contributed by atoms with Gasteiger partial charge in [0, 0.05) is 24.4 Å². The molecule has 206 valence electrons. The van der Waals surface area contributed by atoms with Crippen LogP contribution in [0.2, 0.25) is 5.02 Å². The van der Waals surface area contributed by atoms with Crippen LogP contribution >= 0.6 is 11.6 Å². The van der Waals surface area contributed by atoms with Gasteiger partial charge in [-0.3, -0.25) is 20.0 Å². The van der Waals surface area contributed by atoms with E-state index in [-0.39, 0.29) is 36.8 Å². The molecule has 0 aliphatic carbocycles. The van der Waals surface area contributed by atoms with E-state index in [1.165, 1.54) is 24.3 Å². The number of Topliss-reactive ketones (excluding diaryl/α,β-unsaturated/α-hetero) is 1. The number of aliphatic carboxylic acids is 1. The fraction of sp³-hybridized carbons (Fsp3) is 0.333. The quantitative estimate of drug-likeness (QED) is 0.0689. The zero-order valence-electron chi connectivity index (χ0n) is 20.6. The Morgan fingerprint density at radius 1 is 1.13 bits per heavy atom. The number of hydrogen-bond acceptors (Lipinski definition) is 8. The molecule has 0 aliphatic rings. The average Bonchev–Trinajstić information content (AvgIpc) is 2.84. The van der Waals surface area contributed by atoms with Crippen molar-refractivity contribution in [2.24, 2.45) is 5.73 Å². The van der Waals surface area contributed by atoms with Gasteiger partial charge >= 0.3 is 5.97 Å². The Labute approximate surface area is 225 Å². The highest BCUT2D eigenvalue weighted by Gasteiger charge is 2.30. The summed E-state index contributed by atoms with van der Waals surface area (Å²) in [5, 5.41) is 21.0. The summed E-state index contributed by atoms with van der Waals surface area (Å²) >= 11 is 5.82. The Morgan fingerprint density at radius 3 is 2.32 bits per heavy atom. The van der Waals surface area contributed by atoms with E-state index in [4.69, 9.17) is 27.5 Å². The number of carboxylic acid groups (broad SMARTS) is 1. The number of carbonyl (C=O) groups is 3. The van der Waals surface area contributed by atoms with Crippen molar-refractivity contribution in [2.75, 3.05) is 19.4 Å². The lowest BCUT2D eigenvalue weighted by molar-refractivity contribution is -0.155. The van der Waals surface area contributed by atoms with Crippen LogP contribution in [0.1, 0.15) is 24.8 Å². The number of carbonyl (C=O) groups excluding carboxylic acids is 2. The number of carboxylic acids is 1. The lowest BCUT2D eigenvalue weighted by Crippen LogP contribution is -2.53. The fourth-order valence-corrected chi connectivity index (χ4v) is 4.04. The molecule has 0 unspecified atom stereocenters. The van der Waals surface area contributed by atoms with Gasteiger partial charge in [-0.1, -0.05) is 23.7 Å². The number of nitrogens with two attached hydrogens (primary N) is 1. The normalized spacial score (nSPS) is 11.8. The third kappa shape index (κ3) is 10.4. The molecule has 2 aromatic rings. The molecule has 1 atom stereocenters. The number of halogens is 1. The molecule has 0 saturated heterocycles. The summed E-state index contributed by atoms with van der Waals surface area (Å²) < 4.78 is 28.7. The van der Waals surface area contributed by atoms with Crippen molar-refractivity contribution in [3.63, 3.8) is 0 Å². The van der Waals surface area contributed by atoms with Crippen LogP contribution in [-0.2, 0) is 30.8 Å². The molecule has 0 bridgehead atoms. The number of amides is 1. The number of hydrogen-bond donors (Lipinski definition) is 5. The molecule has 0 heterocycles. The van der Waals surface area contributed by atoms with E-state index in [1.807, 2.05) is 0 Å². The highest BCUT2D eigenvalue weighted by molar-refractivity contribution is 7.90. The number of rotatable bonds is 15. The fourth-order valence-electron chi connectivity index (χ4n) is 3.28. The predicted molar refractivity (Wildman–Crippen MR) is 140 cm³/mol. The van der Waals surface area contributed by atoms with Crippen LogP contribution in [0.3, 0.4) is 0 Å². The minimum Gasteiger partial charge on any atom is -0.486 e. The third-order valence-corrected chi connectivity index (χ3v) is 6.58. The van der Waals surface area contributed by atoms with Crippen LogP contribution in [0, 0.1) is 5.41 Å². The van der Waals surface area contributed by atoms with Crippen molar-refractivity contribution < 1.29 is 32.6 Å². The standard InChI is InChI=1S/C24H30ClN5O7S/c1-38(35,36)20-10-4-16(5-11-20)14-29-30(21(23(33)34)3-2-12-28-24(26)27)22(32)13-18(31)15-37-19-8-6-17(25)7-9-19/h4-11,21,29H,2-3,12-15H2,1H3,(H,33,34)(H4,26,27,28)/t21-/m0/s1. The van der Waals surface area contributed by atoms with E-state index >= 15 is 0 Å². The molecular formula is C24H30ClN5O7S. The monoisotopic (exact) mass is 567 g/mol. The summed E-state index contributed by atoms with van der Waals surface area (Å²) in [5.41, 5.74) is 8.59. The lowest BCUT2D eigenvalue weighted by Gasteiger charge is -2.29. The Kier molecular flexibility index (Phi) is 11.5. The molecule has 2 rings (SSSR count). The number of nitrogens with zero attached hydrogens (tertiary/aromatic N) is 1. The van der Waals surface area contributed by atoms with Gasteiger partial charge in [0.15, 0.2) is 21.6 Å². The molecule has 0 radical (unpaired) electrons. The van der Waals surface area contributed by atoms with Crippen molar-refractivity contribution in [1.82, 2.24) is 15.8 Å². The zero-order valence-corrected chi connectivity index (χ0v) is 22.2. The Bertz CT molecular complexity index is 1240. The van der Waals surface area contributed by atoms with Gasteiger partial charge in [0.1, 0.15) is 18.4 Å². The summed E-state index contributed by atoms with van der Waals surface area (Å²) in [6.45, 7) is -0.211. The maximum atomic E-state index is 13.1. The van der Waals surface area contributed by atoms with Crippen LogP contribution in [0.25, 0.3) is 0 Å². The van der Waals surface area contributed by atoms with Gasteiger partial charge in [-0.2, -0.15) is 0 Å². The zero-order chi connectivity index (χ0) is 28.3. The summed E-state index contributed by atoms with van der Waals surface area (Å²) in [4.78, 5) is 37.7. The van der Waals surface area contributed by atoms with Gasteiger partial charge in [-0.25, -0.2) is 18.6 Å². The predicted octanol–water partition coefficient (Wildman–Crippen LogP) is 1.33. The second kappa shape index (κ2) is 14.3. The Balaban J connectivity index is 2.12. The summed E-state index contributed by atoms with van der Waals surface area (Å²) in [6.07, 6.45) is 0.714. The molecule has 0 aliphatic heterocycles. The van der Waals surface area contributed by atoms with Crippen LogP contribution in [0.4, 0.5) is 0 Å². The van der Waals surface area contributed by atoms with Gasteiger partial charge in [0.05, 0.1) is 11.3 Å². The van der Waals surface area contributed by atoms with Crippen LogP contribution in [0.15, 0.2) is 53.4 Å². The number of nitrogens with one attached hydrogen (secondary N) is 3. The first-order valence-electron chi connectivity index (χ1n) is 11.4. The number of guanidine groups is 1. The van der Waals surface area contributed by atoms with E-state index in [1.54, 1.807) is 24.3 Å². The SMILES string of the molecule is CS(=O)(=O)c1ccc(CNN(C(=O)CC(=O)COc2ccc(Cl)cc2)[C@@H](CCCNC(=N)N)C(=O)O)cc1. The maximum Gasteiger partial charge on any atom is 0.328 e. The molecule has 0 saturated carbocycles. The lowest BCUT2D eigenvalue weighted by atomic mass is 10.1. The van der Waals surface area contributed by atoms with Gasteiger partial charge in [-0.15, -0.1) is 0 Å². The van der Waals surface area contributed by atoms with Crippen molar-refractivity contribution in [3.8, 4) is 5.75 Å². The highest BCUT2D eigenvalue weighted by atomic mass is 35.5. The molecular weight excluding hydrogens is 538 g/mol. The molecule has 14 heteroatoms. The van der Waals surface area contributed by atoms with E-state index in [0.717, 1.165) is 11.3 Å². The van der Waals surface area contributed by atoms with E-state index in [9.17, 15) is 27.9 Å². The largest absolute Gasteiger partial charge is 0.486 e. The van der Waals surface area contributed by atoms with Gasteiger partial charge in [-0.05, 0) is 54.8 Å². The number of sulfone groups is 1. The van der Waals surface area contributed by atoms with Gasteiger partial charge in [0.25, 0.3) is 0 Å².